The Kier molecular flexibility index (Phi) is 6.61. The van der Waals surface area contributed by atoms with E-state index in [1.807, 2.05) is 20.8 Å². The van der Waals surface area contributed by atoms with Crippen LogP contribution >= 0.6 is 0 Å². The topological polar surface area (TPSA) is 111 Å². The minimum atomic E-state index is -0.627. The van der Waals surface area contributed by atoms with Crippen molar-refractivity contribution in [1.29, 1.82) is 0 Å². The third kappa shape index (κ3) is 5.97. The number of nitrogens with zero attached hydrogens (tertiary/aromatic N) is 2. The Hall–Kier alpha value is -3.10. The van der Waals surface area contributed by atoms with Gasteiger partial charge >= 0.3 is 11.7 Å². The molecule has 1 aromatic heterocycles. The van der Waals surface area contributed by atoms with E-state index < -0.39 is 29.8 Å². The highest BCUT2D eigenvalue weighted by Gasteiger charge is 2.19. The molecule has 0 unspecified atom stereocenters. The fourth-order valence-corrected chi connectivity index (χ4v) is 2.51. The van der Waals surface area contributed by atoms with Crippen LogP contribution < -0.4 is 11.1 Å². The Morgan fingerprint density at radius 2 is 1.89 bits per heavy atom. The van der Waals surface area contributed by atoms with Crippen LogP contribution in [-0.2, 0) is 25.7 Å². The molecule has 0 atom stereocenters. The number of amides is 2. The molecule has 28 heavy (non-hydrogen) atoms. The lowest BCUT2D eigenvalue weighted by Gasteiger charge is -2.23. The molecule has 0 radical (unpaired) electrons. The number of likely N-dealkylation sites (N-methyl/N-ethyl adjacent to an activating group) is 1. The summed E-state index contributed by atoms with van der Waals surface area (Å²) >= 11 is 0. The van der Waals surface area contributed by atoms with E-state index in [1.54, 1.807) is 24.3 Å². The fourth-order valence-electron chi connectivity index (χ4n) is 2.51. The molecule has 0 fully saturated rings. The van der Waals surface area contributed by atoms with Crippen molar-refractivity contribution >= 4 is 28.9 Å². The zero-order valence-electron chi connectivity index (χ0n) is 16.5. The Labute approximate surface area is 162 Å². The highest BCUT2D eigenvalue weighted by atomic mass is 16.5. The standard InChI is InChI=1S/C19H25N3O6/c1-19(2,3)20-15(23)11-21(4)16(24)12-27-17(25)9-10-22-13-7-5-6-8-14(13)28-18(22)26/h5-8H,9-12H2,1-4H3,(H,20,23). The summed E-state index contributed by atoms with van der Waals surface area (Å²) < 4.78 is 11.4. The number of rotatable bonds is 7. The number of aryl methyl sites for hydroxylation is 1. The molecule has 0 aliphatic carbocycles. The van der Waals surface area contributed by atoms with Crippen molar-refractivity contribution in [2.24, 2.45) is 0 Å². The molecule has 0 spiro atoms. The highest BCUT2D eigenvalue weighted by Crippen LogP contribution is 2.12. The van der Waals surface area contributed by atoms with Crippen molar-refractivity contribution in [1.82, 2.24) is 14.8 Å². The molecule has 2 amide bonds. The number of esters is 1. The van der Waals surface area contributed by atoms with Gasteiger partial charge in [0.05, 0.1) is 18.5 Å². The van der Waals surface area contributed by atoms with Gasteiger partial charge in [0.15, 0.2) is 12.2 Å². The maximum absolute atomic E-state index is 12.0. The number of ether oxygens (including phenoxy) is 1. The predicted octanol–water partition coefficient (Wildman–Crippen LogP) is 0.901. The molecule has 1 aromatic carbocycles. The van der Waals surface area contributed by atoms with E-state index in [0.29, 0.717) is 11.1 Å². The Morgan fingerprint density at radius 3 is 2.57 bits per heavy atom. The maximum Gasteiger partial charge on any atom is 0.419 e. The second-order valence-corrected chi connectivity index (χ2v) is 7.45. The number of oxazole rings is 1. The fraction of sp³-hybridized carbons (Fsp3) is 0.474. The summed E-state index contributed by atoms with van der Waals surface area (Å²) in [4.78, 5) is 48.8. The molecule has 2 aromatic rings. The van der Waals surface area contributed by atoms with Crippen LogP contribution in [0.3, 0.4) is 0 Å². The third-order valence-electron chi connectivity index (χ3n) is 3.79. The quantitative estimate of drug-likeness (QED) is 0.702. The van der Waals surface area contributed by atoms with Crippen LogP contribution in [0, 0.1) is 0 Å². The van der Waals surface area contributed by atoms with Gasteiger partial charge in [-0.3, -0.25) is 19.0 Å². The van der Waals surface area contributed by atoms with Gasteiger partial charge < -0.3 is 19.4 Å². The molecule has 1 heterocycles. The molecule has 9 nitrogen and oxygen atoms in total. The first-order valence-corrected chi connectivity index (χ1v) is 8.86. The van der Waals surface area contributed by atoms with Gasteiger partial charge in [0.25, 0.3) is 5.91 Å². The van der Waals surface area contributed by atoms with E-state index in [4.69, 9.17) is 9.15 Å². The van der Waals surface area contributed by atoms with Crippen LogP contribution in [0.2, 0.25) is 0 Å². The summed E-state index contributed by atoms with van der Waals surface area (Å²) in [5.41, 5.74) is 0.621. The molecule has 9 heteroatoms. The van der Waals surface area contributed by atoms with Gasteiger partial charge in [0.2, 0.25) is 5.91 Å². The number of benzene rings is 1. The lowest BCUT2D eigenvalue weighted by Crippen LogP contribution is -2.46. The number of nitrogens with one attached hydrogen (secondary N) is 1. The molecule has 2 rings (SSSR count). The number of hydrogen-bond acceptors (Lipinski definition) is 6. The Bertz CT molecular complexity index is 922. The zero-order chi connectivity index (χ0) is 20.9. The van der Waals surface area contributed by atoms with Crippen LogP contribution in [0.15, 0.2) is 33.5 Å². The van der Waals surface area contributed by atoms with E-state index >= 15 is 0 Å². The van der Waals surface area contributed by atoms with E-state index in [1.165, 1.54) is 16.5 Å². The summed E-state index contributed by atoms with van der Waals surface area (Å²) in [6, 6.07) is 6.88. The number of carbonyl (C=O) groups excluding carboxylic acids is 3. The summed E-state index contributed by atoms with van der Waals surface area (Å²) in [5.74, 6) is -1.99. The highest BCUT2D eigenvalue weighted by molar-refractivity contribution is 5.86. The third-order valence-corrected chi connectivity index (χ3v) is 3.79. The van der Waals surface area contributed by atoms with Gasteiger partial charge in [0, 0.05) is 19.1 Å². The largest absolute Gasteiger partial charge is 0.456 e. The van der Waals surface area contributed by atoms with Crippen molar-refractivity contribution in [3.63, 3.8) is 0 Å². The maximum atomic E-state index is 12.0. The number of hydrogen-bond donors (Lipinski definition) is 1. The zero-order valence-corrected chi connectivity index (χ0v) is 16.5. The van der Waals surface area contributed by atoms with Crippen molar-refractivity contribution in [2.75, 3.05) is 20.2 Å². The molecular weight excluding hydrogens is 366 g/mol. The molecule has 0 bridgehead atoms. The van der Waals surface area contributed by atoms with Gasteiger partial charge in [0.1, 0.15) is 0 Å². The molecular formula is C19H25N3O6. The molecule has 152 valence electrons. The van der Waals surface area contributed by atoms with Crippen LogP contribution in [0.4, 0.5) is 0 Å². The molecule has 0 aliphatic heterocycles. The Morgan fingerprint density at radius 1 is 1.21 bits per heavy atom. The minimum Gasteiger partial charge on any atom is -0.456 e. The lowest BCUT2D eigenvalue weighted by molar-refractivity contribution is -0.152. The van der Waals surface area contributed by atoms with E-state index in [9.17, 15) is 19.2 Å². The van der Waals surface area contributed by atoms with Crippen LogP contribution in [0.25, 0.3) is 11.1 Å². The van der Waals surface area contributed by atoms with Crippen LogP contribution in [0.1, 0.15) is 27.2 Å². The first kappa shape index (κ1) is 21.2. The first-order valence-electron chi connectivity index (χ1n) is 8.86. The summed E-state index contributed by atoms with van der Waals surface area (Å²) in [7, 11) is 1.45. The number of fused-ring (bicyclic) bond motifs is 1. The van der Waals surface area contributed by atoms with Crippen molar-refractivity contribution in [2.45, 2.75) is 39.3 Å². The smallest absolute Gasteiger partial charge is 0.419 e. The lowest BCUT2D eigenvalue weighted by atomic mass is 10.1. The van der Waals surface area contributed by atoms with Gasteiger partial charge in [-0.15, -0.1) is 0 Å². The van der Waals surface area contributed by atoms with Crippen LogP contribution in [-0.4, -0.2) is 53.0 Å². The number of aromatic nitrogens is 1. The SMILES string of the molecule is CN(CC(=O)NC(C)(C)C)C(=O)COC(=O)CCn1c(=O)oc2ccccc21. The van der Waals surface area contributed by atoms with Crippen LogP contribution in [0.5, 0.6) is 0 Å². The van der Waals surface area contributed by atoms with Gasteiger partial charge in [-0.05, 0) is 32.9 Å². The number of para-hydroxylation sites is 2. The number of carbonyl (C=O) groups is 3. The second-order valence-electron chi connectivity index (χ2n) is 7.45. The summed E-state index contributed by atoms with van der Waals surface area (Å²) in [5, 5.41) is 2.74. The van der Waals surface area contributed by atoms with E-state index in [2.05, 4.69) is 5.32 Å². The molecule has 1 N–H and O–H groups in total. The Balaban J connectivity index is 1.80. The van der Waals surface area contributed by atoms with Crippen molar-refractivity contribution in [3.8, 4) is 0 Å². The average Bonchev–Trinajstić information content (AvgIpc) is 2.91. The normalized spacial score (nSPS) is 11.3. The first-order chi connectivity index (χ1) is 13.1. The monoisotopic (exact) mass is 391 g/mol. The van der Waals surface area contributed by atoms with Gasteiger partial charge in [-0.2, -0.15) is 0 Å². The molecule has 0 saturated heterocycles. The van der Waals surface area contributed by atoms with Crippen molar-refractivity contribution < 1.29 is 23.5 Å². The average molecular weight is 391 g/mol. The van der Waals surface area contributed by atoms with Gasteiger partial charge in [-0.1, -0.05) is 12.1 Å². The predicted molar refractivity (Wildman–Crippen MR) is 102 cm³/mol. The van der Waals surface area contributed by atoms with E-state index in [0.717, 1.165) is 0 Å². The minimum absolute atomic E-state index is 0.0761. The molecule has 0 aliphatic rings. The molecule has 0 saturated carbocycles. The van der Waals surface area contributed by atoms with Crippen molar-refractivity contribution in [3.05, 3.63) is 34.8 Å². The summed E-state index contributed by atoms with van der Waals surface area (Å²) in [6.45, 7) is 4.98. The summed E-state index contributed by atoms with van der Waals surface area (Å²) in [6.07, 6.45) is -0.0923. The second kappa shape index (κ2) is 8.73. The van der Waals surface area contributed by atoms with E-state index in [-0.39, 0.29) is 25.4 Å². The van der Waals surface area contributed by atoms with Gasteiger partial charge in [-0.25, -0.2) is 4.79 Å².